The lowest BCUT2D eigenvalue weighted by Crippen LogP contribution is -2.33. The number of aromatic nitrogens is 3. The summed E-state index contributed by atoms with van der Waals surface area (Å²) in [4.78, 5) is 19.4. The monoisotopic (exact) mass is 346 g/mol. The quantitative estimate of drug-likeness (QED) is 0.687. The van der Waals surface area contributed by atoms with Crippen LogP contribution in [-0.2, 0) is 13.1 Å². The summed E-state index contributed by atoms with van der Waals surface area (Å²) in [7, 11) is 0. The molecule has 0 spiro atoms. The van der Waals surface area contributed by atoms with Crippen LogP contribution < -0.4 is 0 Å². The largest absolute Gasteiger partial charge is 0.331 e. The van der Waals surface area contributed by atoms with Crippen molar-refractivity contribution >= 4 is 5.91 Å². The molecule has 1 aromatic heterocycles. The zero-order valence-electron chi connectivity index (χ0n) is 14.9. The molecule has 132 valence electrons. The molecule has 1 aliphatic carbocycles. The number of amides is 1. The van der Waals surface area contributed by atoms with Crippen LogP contribution in [0, 0.1) is 6.92 Å². The molecule has 1 amide bonds. The first-order chi connectivity index (χ1) is 12.7. The second-order valence-corrected chi connectivity index (χ2v) is 6.90. The SMILES string of the molecule is Cc1cccc(CN(C(=O)c2ccccc2Cn2cncn2)C2CC2)c1. The van der Waals surface area contributed by atoms with Gasteiger partial charge >= 0.3 is 0 Å². The highest BCUT2D eigenvalue weighted by Crippen LogP contribution is 2.30. The van der Waals surface area contributed by atoms with Crippen LogP contribution in [0.5, 0.6) is 0 Å². The van der Waals surface area contributed by atoms with E-state index in [-0.39, 0.29) is 5.91 Å². The molecule has 4 rings (SSSR count). The Balaban J connectivity index is 1.60. The maximum atomic E-state index is 13.3. The predicted octanol–water partition coefficient (Wildman–Crippen LogP) is 3.44. The van der Waals surface area contributed by atoms with Crippen molar-refractivity contribution in [2.45, 2.75) is 38.9 Å². The van der Waals surface area contributed by atoms with Gasteiger partial charge in [-0.25, -0.2) is 9.67 Å². The van der Waals surface area contributed by atoms with Crippen molar-refractivity contribution in [2.75, 3.05) is 0 Å². The zero-order chi connectivity index (χ0) is 17.9. The Morgan fingerprint density at radius 3 is 2.77 bits per heavy atom. The van der Waals surface area contributed by atoms with Crippen LogP contribution in [0.3, 0.4) is 0 Å². The molecule has 5 heteroatoms. The van der Waals surface area contributed by atoms with E-state index < -0.39 is 0 Å². The highest BCUT2D eigenvalue weighted by atomic mass is 16.2. The number of benzene rings is 2. The van der Waals surface area contributed by atoms with Crippen molar-refractivity contribution in [1.29, 1.82) is 0 Å². The Hall–Kier alpha value is -2.95. The lowest BCUT2D eigenvalue weighted by molar-refractivity contribution is 0.0728. The smallest absolute Gasteiger partial charge is 0.254 e. The van der Waals surface area contributed by atoms with E-state index in [0.29, 0.717) is 19.1 Å². The third kappa shape index (κ3) is 3.67. The van der Waals surface area contributed by atoms with Crippen LogP contribution in [0.15, 0.2) is 61.2 Å². The topological polar surface area (TPSA) is 51.0 Å². The molecule has 0 atom stereocenters. The van der Waals surface area contributed by atoms with Crippen LogP contribution in [0.25, 0.3) is 0 Å². The van der Waals surface area contributed by atoms with E-state index in [1.165, 1.54) is 17.5 Å². The van der Waals surface area contributed by atoms with E-state index in [4.69, 9.17) is 0 Å². The first-order valence-corrected chi connectivity index (χ1v) is 8.97. The Kier molecular flexibility index (Phi) is 4.52. The van der Waals surface area contributed by atoms with Gasteiger partial charge in [-0.1, -0.05) is 48.0 Å². The number of aryl methyl sites for hydroxylation is 1. The molecule has 1 saturated carbocycles. The van der Waals surface area contributed by atoms with E-state index in [0.717, 1.165) is 24.0 Å². The van der Waals surface area contributed by atoms with E-state index in [2.05, 4.69) is 41.3 Å². The Labute approximate surface area is 153 Å². The Morgan fingerprint density at radius 1 is 1.19 bits per heavy atom. The number of nitrogens with zero attached hydrogens (tertiary/aromatic N) is 4. The van der Waals surface area contributed by atoms with Gasteiger partial charge in [0.2, 0.25) is 0 Å². The number of carbonyl (C=O) groups excluding carboxylic acids is 1. The lowest BCUT2D eigenvalue weighted by Gasteiger charge is -2.24. The summed E-state index contributed by atoms with van der Waals surface area (Å²) in [5, 5.41) is 4.16. The minimum atomic E-state index is 0.102. The standard InChI is InChI=1S/C21H22N4O/c1-16-5-4-6-17(11-16)12-25(19-9-10-19)21(26)20-8-3-2-7-18(20)13-24-15-22-14-23-24/h2-8,11,14-15,19H,9-10,12-13H2,1H3. The van der Waals surface area contributed by atoms with Crippen molar-refractivity contribution in [3.05, 3.63) is 83.4 Å². The molecule has 0 aliphatic heterocycles. The van der Waals surface area contributed by atoms with E-state index in [9.17, 15) is 4.79 Å². The summed E-state index contributed by atoms with van der Waals surface area (Å²) in [5.41, 5.74) is 4.12. The first-order valence-electron chi connectivity index (χ1n) is 8.97. The highest BCUT2D eigenvalue weighted by Gasteiger charge is 2.33. The van der Waals surface area contributed by atoms with Crippen molar-refractivity contribution in [3.8, 4) is 0 Å². The molecule has 1 heterocycles. The summed E-state index contributed by atoms with van der Waals surface area (Å²) < 4.78 is 1.74. The van der Waals surface area contributed by atoms with Gasteiger partial charge in [0, 0.05) is 18.2 Å². The van der Waals surface area contributed by atoms with Crippen molar-refractivity contribution in [3.63, 3.8) is 0 Å². The fraction of sp³-hybridized carbons (Fsp3) is 0.286. The van der Waals surface area contributed by atoms with Gasteiger partial charge in [-0.2, -0.15) is 5.10 Å². The van der Waals surface area contributed by atoms with Crippen LogP contribution in [0.1, 0.15) is 39.9 Å². The van der Waals surface area contributed by atoms with Crippen LogP contribution >= 0.6 is 0 Å². The minimum absolute atomic E-state index is 0.102. The van der Waals surface area contributed by atoms with Crippen LogP contribution in [-0.4, -0.2) is 31.6 Å². The fourth-order valence-electron chi connectivity index (χ4n) is 3.27. The van der Waals surface area contributed by atoms with Gasteiger partial charge in [0.1, 0.15) is 12.7 Å². The predicted molar refractivity (Wildman–Crippen MR) is 99.6 cm³/mol. The second kappa shape index (κ2) is 7.12. The van der Waals surface area contributed by atoms with Gasteiger partial charge < -0.3 is 4.90 Å². The molecular weight excluding hydrogens is 324 g/mol. The molecule has 0 radical (unpaired) electrons. The molecule has 0 bridgehead atoms. The maximum Gasteiger partial charge on any atom is 0.254 e. The molecule has 3 aromatic rings. The van der Waals surface area contributed by atoms with E-state index >= 15 is 0 Å². The molecule has 0 unspecified atom stereocenters. The number of carbonyl (C=O) groups is 1. The number of rotatable bonds is 6. The molecule has 1 fully saturated rings. The maximum absolute atomic E-state index is 13.3. The summed E-state index contributed by atoms with van der Waals surface area (Å²) in [5.74, 6) is 0.102. The first kappa shape index (κ1) is 16.5. The van der Waals surface area contributed by atoms with Gasteiger partial charge in [0.15, 0.2) is 0 Å². The minimum Gasteiger partial charge on any atom is -0.331 e. The molecule has 0 saturated heterocycles. The van der Waals surface area contributed by atoms with Gasteiger partial charge in [0.25, 0.3) is 5.91 Å². The lowest BCUT2D eigenvalue weighted by atomic mass is 10.1. The summed E-state index contributed by atoms with van der Waals surface area (Å²) in [6.07, 6.45) is 5.36. The van der Waals surface area contributed by atoms with Crippen LogP contribution in [0.2, 0.25) is 0 Å². The van der Waals surface area contributed by atoms with Crippen LogP contribution in [0.4, 0.5) is 0 Å². The summed E-state index contributed by atoms with van der Waals surface area (Å²) in [6.45, 7) is 3.29. The van der Waals surface area contributed by atoms with Gasteiger partial charge in [0.05, 0.1) is 6.54 Å². The molecule has 1 aliphatic rings. The molecular formula is C21H22N4O. The van der Waals surface area contributed by atoms with Gasteiger partial charge in [-0.15, -0.1) is 0 Å². The summed E-state index contributed by atoms with van der Waals surface area (Å²) >= 11 is 0. The molecule has 26 heavy (non-hydrogen) atoms. The van der Waals surface area contributed by atoms with Crippen molar-refractivity contribution in [2.24, 2.45) is 0 Å². The number of hydrogen-bond acceptors (Lipinski definition) is 3. The third-order valence-corrected chi connectivity index (χ3v) is 4.73. The molecule has 5 nitrogen and oxygen atoms in total. The van der Waals surface area contributed by atoms with Gasteiger partial charge in [-0.05, 0) is 37.0 Å². The average Bonchev–Trinajstić information content (AvgIpc) is 3.36. The van der Waals surface area contributed by atoms with E-state index in [1.807, 2.05) is 29.2 Å². The zero-order valence-corrected chi connectivity index (χ0v) is 14.9. The third-order valence-electron chi connectivity index (χ3n) is 4.73. The Bertz CT molecular complexity index is 900. The second-order valence-electron chi connectivity index (χ2n) is 6.90. The summed E-state index contributed by atoms with van der Waals surface area (Å²) in [6, 6.07) is 16.5. The normalized spacial score (nSPS) is 13.6. The number of hydrogen-bond donors (Lipinski definition) is 0. The highest BCUT2D eigenvalue weighted by molar-refractivity contribution is 5.96. The van der Waals surface area contributed by atoms with Crippen molar-refractivity contribution < 1.29 is 4.79 Å². The van der Waals surface area contributed by atoms with Crippen molar-refractivity contribution in [1.82, 2.24) is 19.7 Å². The molecule has 2 aromatic carbocycles. The van der Waals surface area contributed by atoms with Gasteiger partial charge in [-0.3, -0.25) is 4.79 Å². The molecule has 0 N–H and O–H groups in total. The fourth-order valence-corrected chi connectivity index (χ4v) is 3.27. The Morgan fingerprint density at radius 2 is 2.04 bits per heavy atom. The van der Waals surface area contributed by atoms with E-state index in [1.54, 1.807) is 11.0 Å². The average molecular weight is 346 g/mol.